The number of carbonyl (C=O) groups excluding carboxylic acids is 1. The van der Waals surface area contributed by atoms with Crippen molar-refractivity contribution >= 4 is 11.9 Å². The van der Waals surface area contributed by atoms with Crippen molar-refractivity contribution in [3.05, 3.63) is 29.3 Å². The lowest BCUT2D eigenvalue weighted by atomic mass is 10.1. The number of unbranched alkanes of at least 4 members (excludes halogenated alkanes) is 1. The van der Waals surface area contributed by atoms with E-state index in [0.717, 1.165) is 18.4 Å². The Morgan fingerprint density at radius 1 is 1.40 bits per heavy atom. The topological polar surface area (TPSA) is 75.6 Å². The Labute approximate surface area is 118 Å². The van der Waals surface area contributed by atoms with Gasteiger partial charge in [0.2, 0.25) is 0 Å². The van der Waals surface area contributed by atoms with Gasteiger partial charge in [0.05, 0.1) is 7.11 Å². The highest BCUT2D eigenvalue weighted by atomic mass is 16.5. The minimum atomic E-state index is -1.01. The Balaban J connectivity index is 2.80. The van der Waals surface area contributed by atoms with Crippen LogP contribution in [0.2, 0.25) is 0 Å². The fourth-order valence-electron chi connectivity index (χ4n) is 1.87. The number of aliphatic carboxylic acids is 1. The highest BCUT2D eigenvalue weighted by molar-refractivity contribution is 5.97. The van der Waals surface area contributed by atoms with E-state index in [1.54, 1.807) is 18.2 Å². The van der Waals surface area contributed by atoms with E-state index in [2.05, 4.69) is 5.32 Å². The normalized spacial score (nSPS) is 11.8. The third kappa shape index (κ3) is 4.26. The van der Waals surface area contributed by atoms with Crippen LogP contribution < -0.4 is 10.1 Å². The molecule has 0 radical (unpaired) electrons. The maximum Gasteiger partial charge on any atom is 0.326 e. The predicted octanol–water partition coefficient (Wildman–Crippen LogP) is 2.38. The molecule has 0 saturated heterocycles. The molecule has 0 saturated carbocycles. The van der Waals surface area contributed by atoms with Gasteiger partial charge in [0.15, 0.2) is 0 Å². The predicted molar refractivity (Wildman–Crippen MR) is 76.1 cm³/mol. The van der Waals surface area contributed by atoms with Crippen LogP contribution in [0.1, 0.15) is 42.1 Å². The number of rotatable bonds is 7. The molecule has 2 N–H and O–H groups in total. The van der Waals surface area contributed by atoms with Gasteiger partial charge in [-0.25, -0.2) is 4.79 Å². The number of amides is 1. The maximum absolute atomic E-state index is 12.1. The largest absolute Gasteiger partial charge is 0.496 e. The number of ether oxygens (including phenoxy) is 1. The molecule has 0 aliphatic rings. The molecule has 20 heavy (non-hydrogen) atoms. The number of methoxy groups -OCH3 is 1. The van der Waals surface area contributed by atoms with E-state index in [1.165, 1.54) is 7.11 Å². The number of benzene rings is 1. The van der Waals surface area contributed by atoms with Crippen LogP contribution in [0.4, 0.5) is 0 Å². The van der Waals surface area contributed by atoms with Gasteiger partial charge in [-0.1, -0.05) is 25.8 Å². The van der Waals surface area contributed by atoms with E-state index in [-0.39, 0.29) is 0 Å². The summed E-state index contributed by atoms with van der Waals surface area (Å²) in [6.45, 7) is 3.85. The summed E-state index contributed by atoms with van der Waals surface area (Å²) in [5.74, 6) is -0.796. The van der Waals surface area contributed by atoms with Crippen molar-refractivity contribution in [2.75, 3.05) is 7.11 Å². The van der Waals surface area contributed by atoms with E-state index in [0.29, 0.717) is 17.7 Å². The average molecular weight is 279 g/mol. The number of hydrogen-bond donors (Lipinski definition) is 2. The molecule has 0 spiro atoms. The van der Waals surface area contributed by atoms with E-state index in [1.807, 2.05) is 13.8 Å². The Bertz CT molecular complexity index is 485. The molecule has 0 fully saturated rings. The summed E-state index contributed by atoms with van der Waals surface area (Å²) in [5, 5.41) is 11.6. The van der Waals surface area contributed by atoms with E-state index in [4.69, 9.17) is 9.84 Å². The first-order valence-electron chi connectivity index (χ1n) is 6.67. The van der Waals surface area contributed by atoms with Crippen LogP contribution in [0.25, 0.3) is 0 Å². The fourth-order valence-corrected chi connectivity index (χ4v) is 1.87. The molecule has 110 valence electrons. The Kier molecular flexibility index (Phi) is 6.03. The molecule has 0 heterocycles. The van der Waals surface area contributed by atoms with E-state index >= 15 is 0 Å². The van der Waals surface area contributed by atoms with Crippen molar-refractivity contribution in [2.24, 2.45) is 0 Å². The van der Waals surface area contributed by atoms with Gasteiger partial charge in [-0.3, -0.25) is 4.79 Å². The van der Waals surface area contributed by atoms with Gasteiger partial charge in [0.1, 0.15) is 11.8 Å². The minimum Gasteiger partial charge on any atom is -0.496 e. The van der Waals surface area contributed by atoms with Gasteiger partial charge < -0.3 is 15.2 Å². The molecule has 5 heteroatoms. The van der Waals surface area contributed by atoms with Gasteiger partial charge >= 0.3 is 5.97 Å². The lowest BCUT2D eigenvalue weighted by Crippen LogP contribution is -2.40. The van der Waals surface area contributed by atoms with E-state index in [9.17, 15) is 9.59 Å². The van der Waals surface area contributed by atoms with Crippen LogP contribution in [0.5, 0.6) is 5.75 Å². The second-order valence-corrected chi connectivity index (χ2v) is 4.69. The number of carboxylic acid groups (broad SMARTS) is 1. The van der Waals surface area contributed by atoms with Crippen LogP contribution in [-0.2, 0) is 4.79 Å². The molecule has 1 atom stereocenters. The molecule has 1 rings (SSSR count). The number of carbonyl (C=O) groups is 2. The SMILES string of the molecule is CCCC[C@H](NC(=O)c1ccc(C)c(OC)c1)C(=O)O. The van der Waals surface area contributed by atoms with Crippen molar-refractivity contribution in [1.29, 1.82) is 0 Å². The molecule has 1 aromatic rings. The molecule has 0 aliphatic carbocycles. The third-order valence-electron chi connectivity index (χ3n) is 3.12. The van der Waals surface area contributed by atoms with Gasteiger partial charge in [0.25, 0.3) is 5.91 Å². The summed E-state index contributed by atoms with van der Waals surface area (Å²) in [7, 11) is 1.53. The average Bonchev–Trinajstić information content (AvgIpc) is 2.43. The van der Waals surface area contributed by atoms with Gasteiger partial charge in [-0.15, -0.1) is 0 Å². The maximum atomic E-state index is 12.1. The fraction of sp³-hybridized carbons (Fsp3) is 0.467. The smallest absolute Gasteiger partial charge is 0.326 e. The molecule has 1 amide bonds. The first-order chi connectivity index (χ1) is 9.49. The highest BCUT2D eigenvalue weighted by Crippen LogP contribution is 2.19. The Morgan fingerprint density at radius 3 is 2.65 bits per heavy atom. The highest BCUT2D eigenvalue weighted by Gasteiger charge is 2.20. The lowest BCUT2D eigenvalue weighted by molar-refractivity contribution is -0.139. The second kappa shape index (κ2) is 7.53. The number of nitrogens with one attached hydrogen (secondary N) is 1. The molecular weight excluding hydrogens is 258 g/mol. The number of hydrogen-bond acceptors (Lipinski definition) is 3. The van der Waals surface area contributed by atoms with Crippen molar-refractivity contribution in [3.8, 4) is 5.75 Å². The van der Waals surface area contributed by atoms with Gasteiger partial charge in [-0.2, -0.15) is 0 Å². The summed E-state index contributed by atoms with van der Waals surface area (Å²) in [6, 6.07) is 4.19. The molecule has 5 nitrogen and oxygen atoms in total. The zero-order valence-electron chi connectivity index (χ0n) is 12.1. The first-order valence-corrected chi connectivity index (χ1v) is 6.67. The molecule has 0 aliphatic heterocycles. The van der Waals surface area contributed by atoms with Crippen LogP contribution in [-0.4, -0.2) is 30.1 Å². The summed E-state index contributed by atoms with van der Waals surface area (Å²) >= 11 is 0. The van der Waals surface area contributed by atoms with Crippen LogP contribution >= 0.6 is 0 Å². The summed E-state index contributed by atoms with van der Waals surface area (Å²) in [5.41, 5.74) is 1.32. The molecular formula is C15H21NO4. The number of aryl methyl sites for hydroxylation is 1. The summed E-state index contributed by atoms with van der Waals surface area (Å²) < 4.78 is 5.16. The van der Waals surface area contributed by atoms with Gasteiger partial charge in [-0.05, 0) is 31.0 Å². The molecule has 0 aromatic heterocycles. The summed E-state index contributed by atoms with van der Waals surface area (Å²) in [4.78, 5) is 23.2. The van der Waals surface area contributed by atoms with Gasteiger partial charge in [0, 0.05) is 5.56 Å². The monoisotopic (exact) mass is 279 g/mol. The second-order valence-electron chi connectivity index (χ2n) is 4.69. The zero-order chi connectivity index (χ0) is 15.1. The van der Waals surface area contributed by atoms with Crippen molar-refractivity contribution in [1.82, 2.24) is 5.32 Å². The third-order valence-corrected chi connectivity index (χ3v) is 3.12. The van der Waals surface area contributed by atoms with Crippen molar-refractivity contribution in [2.45, 2.75) is 39.2 Å². The van der Waals surface area contributed by atoms with Crippen molar-refractivity contribution in [3.63, 3.8) is 0 Å². The van der Waals surface area contributed by atoms with Crippen LogP contribution in [0.15, 0.2) is 18.2 Å². The number of carboxylic acids is 1. The van der Waals surface area contributed by atoms with Crippen molar-refractivity contribution < 1.29 is 19.4 Å². The van der Waals surface area contributed by atoms with E-state index < -0.39 is 17.9 Å². The molecule has 0 unspecified atom stereocenters. The summed E-state index contributed by atoms with van der Waals surface area (Å²) in [6.07, 6.45) is 2.08. The zero-order valence-corrected chi connectivity index (χ0v) is 12.1. The lowest BCUT2D eigenvalue weighted by Gasteiger charge is -2.14. The first kappa shape index (κ1) is 16.0. The van der Waals surface area contributed by atoms with Crippen LogP contribution in [0, 0.1) is 6.92 Å². The Morgan fingerprint density at radius 2 is 2.10 bits per heavy atom. The minimum absolute atomic E-state index is 0.396. The van der Waals surface area contributed by atoms with Crippen LogP contribution in [0.3, 0.4) is 0 Å². The standard InChI is InChI=1S/C15H21NO4/c1-4-5-6-12(15(18)19)16-14(17)11-8-7-10(2)13(9-11)20-3/h7-9,12H,4-6H2,1-3H3,(H,16,17)(H,18,19)/t12-/m0/s1. The Hall–Kier alpha value is -2.04. The molecule has 1 aromatic carbocycles. The quantitative estimate of drug-likeness (QED) is 0.803. The molecule has 0 bridgehead atoms.